The molecule has 2 N–H and O–H groups in total. The fraction of sp³-hybridized carbons (Fsp3) is 0.650. The molecule has 0 amide bonds. The molecule has 24 heavy (non-hydrogen) atoms. The summed E-state index contributed by atoms with van der Waals surface area (Å²) in [5.74, 6) is 0.662. The minimum atomic E-state index is -0.851. The normalized spacial score (nSPS) is 30.1. The molecule has 5 atom stereocenters. The van der Waals surface area contributed by atoms with Crippen LogP contribution in [0.15, 0.2) is 36.5 Å². The van der Waals surface area contributed by atoms with E-state index in [-0.39, 0.29) is 12.1 Å². The maximum atomic E-state index is 11.3. The Hall–Kier alpha value is -1.39. The smallest absolute Gasteiger partial charge is 0.306 e. The van der Waals surface area contributed by atoms with Crippen LogP contribution in [-0.2, 0) is 9.53 Å². The van der Waals surface area contributed by atoms with Gasteiger partial charge in [-0.3, -0.25) is 4.79 Å². The largest absolute Gasteiger partial charge is 0.462 e. The highest BCUT2D eigenvalue weighted by Gasteiger charge is 2.44. The highest BCUT2D eigenvalue weighted by molar-refractivity contribution is 5.70. The molecule has 0 aromatic heterocycles. The van der Waals surface area contributed by atoms with Crippen LogP contribution in [0.1, 0.15) is 51.9 Å². The molecule has 1 heterocycles. The molecular formula is C20H30O4. The molecule has 4 heteroatoms. The van der Waals surface area contributed by atoms with Crippen molar-refractivity contribution in [2.75, 3.05) is 0 Å². The van der Waals surface area contributed by atoms with Crippen molar-refractivity contribution in [1.82, 2.24) is 0 Å². The molecule has 0 spiro atoms. The predicted octanol–water partition coefficient (Wildman–Crippen LogP) is 3.30. The summed E-state index contributed by atoms with van der Waals surface area (Å²) >= 11 is 0. The molecule has 1 saturated carbocycles. The van der Waals surface area contributed by atoms with Crippen molar-refractivity contribution < 1.29 is 19.7 Å². The molecule has 2 rings (SSSR count). The monoisotopic (exact) mass is 334 g/mol. The van der Waals surface area contributed by atoms with Gasteiger partial charge in [-0.05, 0) is 44.4 Å². The fourth-order valence-corrected chi connectivity index (χ4v) is 3.12. The zero-order valence-corrected chi connectivity index (χ0v) is 14.5. The van der Waals surface area contributed by atoms with Crippen molar-refractivity contribution in [3.05, 3.63) is 36.5 Å². The van der Waals surface area contributed by atoms with E-state index in [1.807, 2.05) is 18.2 Å². The zero-order chi connectivity index (χ0) is 17.4. The van der Waals surface area contributed by atoms with Gasteiger partial charge in [0.25, 0.3) is 0 Å². The second-order valence-corrected chi connectivity index (χ2v) is 6.75. The molecule has 134 valence electrons. The number of hydrogen-bond acceptors (Lipinski definition) is 4. The van der Waals surface area contributed by atoms with Crippen molar-refractivity contribution in [2.45, 2.75) is 70.2 Å². The highest BCUT2D eigenvalue weighted by atomic mass is 16.5. The zero-order valence-electron chi connectivity index (χ0n) is 14.5. The first-order valence-corrected chi connectivity index (χ1v) is 9.15. The standard InChI is InChI=1S/C20H30O4/c1-2-3-4-5-6-7-9-17(21)18(22)13-12-15-14-16(15)19-10-8-11-20(23)24-19/h3-4,6-7,12-13,15-19,21-22H,2,5,8-11,14H2,1H3/b4-3-,7-6-,13-12+/t15-,16+,17+,18+,19-/m1/s1. The lowest BCUT2D eigenvalue weighted by molar-refractivity contribution is -0.155. The van der Waals surface area contributed by atoms with Gasteiger partial charge in [0.15, 0.2) is 0 Å². The first kappa shape index (κ1) is 18.9. The number of esters is 1. The van der Waals surface area contributed by atoms with E-state index in [4.69, 9.17) is 4.74 Å². The predicted molar refractivity (Wildman–Crippen MR) is 94.3 cm³/mol. The molecule has 0 aromatic carbocycles. The lowest BCUT2D eigenvalue weighted by Gasteiger charge is -2.22. The van der Waals surface area contributed by atoms with Gasteiger partial charge in [-0.1, -0.05) is 43.4 Å². The summed E-state index contributed by atoms with van der Waals surface area (Å²) in [6.07, 6.45) is 15.9. The van der Waals surface area contributed by atoms with Crippen molar-refractivity contribution in [3.63, 3.8) is 0 Å². The molecule has 1 aliphatic carbocycles. The molecule has 0 unspecified atom stereocenters. The SMILES string of the molecule is CC/C=C\C/C=C\C[C@H](O)[C@@H](O)/C=C/[C@@H]1C[C@@H]1[C@H]1CCCC(=O)O1. The second-order valence-electron chi connectivity index (χ2n) is 6.75. The Labute approximate surface area is 144 Å². The Balaban J connectivity index is 1.66. The van der Waals surface area contributed by atoms with E-state index in [0.29, 0.717) is 24.7 Å². The van der Waals surface area contributed by atoms with Crippen molar-refractivity contribution >= 4 is 5.97 Å². The van der Waals surface area contributed by atoms with Gasteiger partial charge in [0.2, 0.25) is 0 Å². The first-order valence-electron chi connectivity index (χ1n) is 9.15. The van der Waals surface area contributed by atoms with Crippen molar-refractivity contribution in [2.24, 2.45) is 11.8 Å². The minimum Gasteiger partial charge on any atom is -0.462 e. The fourth-order valence-electron chi connectivity index (χ4n) is 3.12. The topological polar surface area (TPSA) is 66.8 Å². The van der Waals surface area contributed by atoms with Gasteiger partial charge in [-0.25, -0.2) is 0 Å². The van der Waals surface area contributed by atoms with Crippen LogP contribution in [0.2, 0.25) is 0 Å². The highest BCUT2D eigenvalue weighted by Crippen LogP contribution is 2.46. The van der Waals surface area contributed by atoms with E-state index >= 15 is 0 Å². The third-order valence-corrected chi connectivity index (χ3v) is 4.69. The summed E-state index contributed by atoms with van der Waals surface area (Å²) in [7, 11) is 0. The van der Waals surface area contributed by atoms with Gasteiger partial charge < -0.3 is 14.9 Å². The van der Waals surface area contributed by atoms with Crippen LogP contribution in [0, 0.1) is 11.8 Å². The van der Waals surface area contributed by atoms with Crippen LogP contribution in [0.25, 0.3) is 0 Å². The van der Waals surface area contributed by atoms with Gasteiger partial charge in [0, 0.05) is 12.3 Å². The van der Waals surface area contributed by atoms with Crippen LogP contribution in [0.4, 0.5) is 0 Å². The third kappa shape index (κ3) is 6.25. The van der Waals surface area contributed by atoms with Gasteiger partial charge in [-0.15, -0.1) is 0 Å². The van der Waals surface area contributed by atoms with E-state index in [0.717, 1.165) is 32.1 Å². The average Bonchev–Trinajstić information content (AvgIpc) is 3.35. The average molecular weight is 334 g/mol. The number of cyclic esters (lactones) is 1. The van der Waals surface area contributed by atoms with Gasteiger partial charge in [-0.2, -0.15) is 0 Å². The number of carbonyl (C=O) groups is 1. The summed E-state index contributed by atoms with van der Waals surface area (Å²) in [6.45, 7) is 2.09. The van der Waals surface area contributed by atoms with Gasteiger partial charge in [0.05, 0.1) is 12.2 Å². The number of ether oxygens (including phenoxy) is 1. The molecule has 0 radical (unpaired) electrons. The first-order chi connectivity index (χ1) is 11.6. The van der Waals surface area contributed by atoms with Gasteiger partial charge in [0.1, 0.15) is 6.10 Å². The molecule has 4 nitrogen and oxygen atoms in total. The van der Waals surface area contributed by atoms with Crippen LogP contribution in [0.3, 0.4) is 0 Å². The van der Waals surface area contributed by atoms with Crippen LogP contribution in [0.5, 0.6) is 0 Å². The second kappa shape index (κ2) is 9.80. The van der Waals surface area contributed by atoms with E-state index in [2.05, 4.69) is 19.1 Å². The number of carbonyl (C=O) groups excluding carboxylic acids is 1. The quantitative estimate of drug-likeness (QED) is 0.501. The number of allylic oxidation sites excluding steroid dienone is 4. The van der Waals surface area contributed by atoms with E-state index in [1.165, 1.54) is 0 Å². The summed E-state index contributed by atoms with van der Waals surface area (Å²) in [6, 6.07) is 0. The number of rotatable bonds is 9. The van der Waals surface area contributed by atoms with E-state index in [9.17, 15) is 15.0 Å². The maximum absolute atomic E-state index is 11.3. The lowest BCUT2D eigenvalue weighted by Crippen LogP contribution is -2.25. The number of hydrogen-bond donors (Lipinski definition) is 2. The molecule has 2 fully saturated rings. The Morgan fingerprint density at radius 2 is 2.04 bits per heavy atom. The number of aliphatic hydroxyl groups excluding tert-OH is 2. The van der Waals surface area contributed by atoms with E-state index in [1.54, 1.807) is 6.08 Å². The van der Waals surface area contributed by atoms with Crippen molar-refractivity contribution in [3.8, 4) is 0 Å². The third-order valence-electron chi connectivity index (χ3n) is 4.69. The summed E-state index contributed by atoms with van der Waals surface area (Å²) in [4.78, 5) is 11.3. The molecule has 1 aliphatic heterocycles. The van der Waals surface area contributed by atoms with Crippen LogP contribution in [-0.4, -0.2) is 34.5 Å². The molecule has 0 bridgehead atoms. The van der Waals surface area contributed by atoms with Crippen LogP contribution >= 0.6 is 0 Å². The number of aliphatic hydroxyl groups is 2. The molecule has 1 saturated heterocycles. The van der Waals surface area contributed by atoms with Crippen LogP contribution < -0.4 is 0 Å². The lowest BCUT2D eigenvalue weighted by atomic mass is 10.0. The Morgan fingerprint density at radius 3 is 2.79 bits per heavy atom. The Kier molecular flexibility index (Phi) is 7.73. The summed E-state index contributed by atoms with van der Waals surface area (Å²) in [5, 5.41) is 20.0. The Morgan fingerprint density at radius 1 is 1.25 bits per heavy atom. The minimum absolute atomic E-state index is 0.0436. The van der Waals surface area contributed by atoms with Crippen molar-refractivity contribution in [1.29, 1.82) is 0 Å². The van der Waals surface area contributed by atoms with Gasteiger partial charge >= 0.3 is 5.97 Å². The molecule has 0 aromatic rings. The Bertz CT molecular complexity index is 480. The van der Waals surface area contributed by atoms with E-state index < -0.39 is 12.2 Å². The summed E-state index contributed by atoms with van der Waals surface area (Å²) in [5.41, 5.74) is 0. The maximum Gasteiger partial charge on any atom is 0.306 e. The molecular weight excluding hydrogens is 304 g/mol. The summed E-state index contributed by atoms with van der Waals surface area (Å²) < 4.78 is 5.39. The molecule has 2 aliphatic rings.